The Hall–Kier alpha value is -3.91. The van der Waals surface area contributed by atoms with E-state index in [1.165, 1.54) is 19.1 Å². The summed E-state index contributed by atoms with van der Waals surface area (Å²) in [6.45, 7) is 1.51. The third kappa shape index (κ3) is 4.90. The van der Waals surface area contributed by atoms with E-state index in [1.807, 2.05) is 0 Å². The molecular formula is C22H16F5N5O3S. The summed E-state index contributed by atoms with van der Waals surface area (Å²) in [5.74, 6) is -0.841. The molecule has 8 nitrogen and oxygen atoms in total. The lowest BCUT2D eigenvalue weighted by atomic mass is 10.1. The topological polar surface area (TPSA) is 119 Å². The van der Waals surface area contributed by atoms with Crippen molar-refractivity contribution < 1.29 is 35.2 Å². The maximum atomic E-state index is 13.8. The number of anilines is 1. The predicted octanol–water partition coefficient (Wildman–Crippen LogP) is 4.56. The fourth-order valence-electron chi connectivity index (χ4n) is 3.46. The zero-order valence-corrected chi connectivity index (χ0v) is 19.0. The van der Waals surface area contributed by atoms with Gasteiger partial charge < -0.3 is 5.32 Å². The fraction of sp³-hybridized carbons (Fsp3) is 0.136. The molecule has 1 amide bonds. The van der Waals surface area contributed by atoms with Crippen LogP contribution in [0.1, 0.15) is 33.6 Å². The van der Waals surface area contributed by atoms with Crippen LogP contribution in [-0.2, 0) is 16.2 Å². The summed E-state index contributed by atoms with van der Waals surface area (Å²) in [5, 5.41) is 11.4. The average molecular weight is 525 g/mol. The van der Waals surface area contributed by atoms with Crippen molar-refractivity contribution in [3.05, 3.63) is 77.1 Å². The second kappa shape index (κ2) is 8.95. The third-order valence-electron chi connectivity index (χ3n) is 5.23. The predicted molar refractivity (Wildman–Crippen MR) is 119 cm³/mol. The number of fused-ring (bicyclic) bond motifs is 1. The summed E-state index contributed by atoms with van der Waals surface area (Å²) >= 11 is 0. The number of aryl methyl sites for hydroxylation is 1. The molecule has 0 spiro atoms. The van der Waals surface area contributed by atoms with E-state index in [0.717, 1.165) is 47.1 Å². The highest BCUT2D eigenvalue weighted by atomic mass is 32.2. The Morgan fingerprint density at radius 2 is 1.75 bits per heavy atom. The molecule has 2 aromatic heterocycles. The largest absolute Gasteiger partial charge is 0.416 e. The molecule has 2 heterocycles. The van der Waals surface area contributed by atoms with Crippen LogP contribution in [0.2, 0.25) is 0 Å². The quantitative estimate of drug-likeness (QED) is 0.370. The molecule has 0 aliphatic carbocycles. The second-order valence-corrected chi connectivity index (χ2v) is 9.24. The summed E-state index contributed by atoms with van der Waals surface area (Å²) in [6, 6.07) is 8.66. The molecule has 0 aliphatic rings. The highest BCUT2D eigenvalue weighted by Crippen LogP contribution is 2.32. The van der Waals surface area contributed by atoms with E-state index in [1.54, 1.807) is 0 Å². The minimum atomic E-state index is -4.58. The summed E-state index contributed by atoms with van der Waals surface area (Å²) in [6.07, 6.45) is -6.64. The lowest BCUT2D eigenvalue weighted by molar-refractivity contribution is -0.137. The van der Waals surface area contributed by atoms with E-state index in [9.17, 15) is 35.2 Å². The highest BCUT2D eigenvalue weighted by molar-refractivity contribution is 7.89. The van der Waals surface area contributed by atoms with Crippen LogP contribution in [0, 0.1) is 6.92 Å². The molecule has 36 heavy (non-hydrogen) atoms. The third-order valence-corrected chi connectivity index (χ3v) is 6.28. The van der Waals surface area contributed by atoms with Crippen molar-refractivity contribution in [2.45, 2.75) is 24.4 Å². The van der Waals surface area contributed by atoms with Crippen LogP contribution < -0.4 is 10.5 Å². The van der Waals surface area contributed by atoms with Crippen molar-refractivity contribution in [1.29, 1.82) is 0 Å². The van der Waals surface area contributed by atoms with E-state index in [-0.39, 0.29) is 33.1 Å². The zero-order valence-electron chi connectivity index (χ0n) is 18.2. The molecule has 0 saturated carbocycles. The molecular weight excluding hydrogens is 509 g/mol. The van der Waals surface area contributed by atoms with E-state index in [0.29, 0.717) is 5.56 Å². The number of aromatic nitrogens is 3. The number of hydrogen-bond donors (Lipinski definition) is 2. The molecule has 0 saturated heterocycles. The van der Waals surface area contributed by atoms with Gasteiger partial charge in [0.15, 0.2) is 5.65 Å². The number of sulfonamides is 1. The van der Waals surface area contributed by atoms with Crippen LogP contribution in [0.25, 0.3) is 16.9 Å². The molecule has 0 unspecified atom stereocenters. The van der Waals surface area contributed by atoms with Crippen molar-refractivity contribution in [3.63, 3.8) is 0 Å². The lowest BCUT2D eigenvalue weighted by Crippen LogP contribution is -2.16. The van der Waals surface area contributed by atoms with Gasteiger partial charge in [0.1, 0.15) is 11.3 Å². The minimum absolute atomic E-state index is 0.0574. The zero-order chi connectivity index (χ0) is 26.4. The maximum absolute atomic E-state index is 13.8. The van der Waals surface area contributed by atoms with Gasteiger partial charge in [-0.2, -0.15) is 18.3 Å². The molecule has 4 rings (SSSR count). The fourth-order valence-corrected chi connectivity index (χ4v) is 4.27. The number of halogens is 5. The number of nitrogens with zero attached hydrogens (tertiary/aromatic N) is 3. The van der Waals surface area contributed by atoms with Gasteiger partial charge >= 0.3 is 6.18 Å². The lowest BCUT2D eigenvalue weighted by Gasteiger charge is -2.11. The minimum Gasteiger partial charge on any atom is -0.322 e. The maximum Gasteiger partial charge on any atom is 0.416 e. The molecule has 3 N–H and O–H groups in total. The Kier molecular flexibility index (Phi) is 6.26. The number of hydrogen-bond acceptors (Lipinski definition) is 5. The number of amides is 1. The first-order valence-electron chi connectivity index (χ1n) is 10.0. The number of alkyl halides is 5. The van der Waals surface area contributed by atoms with Crippen LogP contribution in [0.15, 0.2) is 59.6 Å². The summed E-state index contributed by atoms with van der Waals surface area (Å²) < 4.78 is 90.4. The van der Waals surface area contributed by atoms with Gasteiger partial charge in [-0.25, -0.2) is 31.8 Å². The van der Waals surface area contributed by atoms with Crippen molar-refractivity contribution in [3.8, 4) is 11.3 Å². The molecule has 14 heteroatoms. The molecule has 0 aliphatic heterocycles. The summed E-state index contributed by atoms with van der Waals surface area (Å²) in [4.78, 5) is 16.9. The first-order valence-corrected chi connectivity index (χ1v) is 11.6. The van der Waals surface area contributed by atoms with Crippen LogP contribution in [-0.4, -0.2) is 28.9 Å². The van der Waals surface area contributed by atoms with Gasteiger partial charge in [0.05, 0.1) is 22.3 Å². The van der Waals surface area contributed by atoms with Gasteiger partial charge in [-0.1, -0.05) is 18.2 Å². The number of primary sulfonamides is 1. The molecule has 0 atom stereocenters. The number of benzene rings is 2. The number of carbonyl (C=O) groups excluding carboxylic acids is 1. The van der Waals surface area contributed by atoms with Crippen LogP contribution in [0.4, 0.5) is 27.6 Å². The Morgan fingerprint density at radius 3 is 2.33 bits per heavy atom. The average Bonchev–Trinajstić information content (AvgIpc) is 3.22. The van der Waals surface area contributed by atoms with E-state index < -0.39 is 39.8 Å². The van der Waals surface area contributed by atoms with Crippen molar-refractivity contribution in [1.82, 2.24) is 14.6 Å². The normalized spacial score (nSPS) is 12.3. The molecule has 4 aromatic rings. The van der Waals surface area contributed by atoms with E-state index in [4.69, 9.17) is 5.14 Å². The Labute approximate surface area is 200 Å². The highest BCUT2D eigenvalue weighted by Gasteiger charge is 2.30. The Bertz CT molecular complexity index is 1580. The van der Waals surface area contributed by atoms with E-state index >= 15 is 0 Å². The standard InChI is InChI=1S/C22H16F5N5O3S/c1-11-2-7-14(8-18(11)36(28,34)35)30-21(33)15-10-29-32-17(19(23)24)9-16(31-20(15)32)12-3-5-13(6-4-12)22(25,26)27/h2-10,19H,1H3,(H,30,33)(H2,28,34,35). The van der Waals surface area contributed by atoms with Crippen LogP contribution in [0.3, 0.4) is 0 Å². The van der Waals surface area contributed by atoms with Crippen molar-refractivity contribution in [2.75, 3.05) is 5.32 Å². The smallest absolute Gasteiger partial charge is 0.322 e. The number of carbonyl (C=O) groups is 1. The molecule has 0 fully saturated rings. The van der Waals surface area contributed by atoms with Crippen LogP contribution in [0.5, 0.6) is 0 Å². The molecule has 0 bridgehead atoms. The number of nitrogens with two attached hydrogens (primary N) is 1. The first-order chi connectivity index (χ1) is 16.8. The van der Waals surface area contributed by atoms with Crippen LogP contribution >= 0.6 is 0 Å². The monoisotopic (exact) mass is 525 g/mol. The summed E-state index contributed by atoms with van der Waals surface area (Å²) in [5.41, 5.74) is -1.67. The van der Waals surface area contributed by atoms with Crippen molar-refractivity contribution >= 4 is 27.3 Å². The van der Waals surface area contributed by atoms with Gasteiger partial charge in [0.25, 0.3) is 12.3 Å². The number of rotatable bonds is 5. The van der Waals surface area contributed by atoms with Gasteiger partial charge in [0, 0.05) is 11.3 Å². The van der Waals surface area contributed by atoms with Crippen molar-refractivity contribution in [2.24, 2.45) is 5.14 Å². The van der Waals surface area contributed by atoms with Gasteiger partial charge in [-0.3, -0.25) is 4.79 Å². The molecule has 0 radical (unpaired) electrons. The second-order valence-electron chi connectivity index (χ2n) is 7.72. The Morgan fingerprint density at radius 1 is 1.08 bits per heavy atom. The Balaban J connectivity index is 1.77. The van der Waals surface area contributed by atoms with Gasteiger partial charge in [-0.05, 0) is 42.8 Å². The molecule has 188 valence electrons. The van der Waals surface area contributed by atoms with Gasteiger partial charge in [-0.15, -0.1) is 0 Å². The van der Waals surface area contributed by atoms with E-state index in [2.05, 4.69) is 15.4 Å². The molecule has 2 aromatic carbocycles. The SMILES string of the molecule is Cc1ccc(NC(=O)c2cnn3c(C(F)F)cc(-c4ccc(C(F)(F)F)cc4)nc23)cc1S(N)(=O)=O. The summed E-state index contributed by atoms with van der Waals surface area (Å²) in [7, 11) is -4.08. The number of nitrogens with one attached hydrogen (secondary N) is 1. The first kappa shape index (κ1) is 25.2. The van der Waals surface area contributed by atoms with Gasteiger partial charge in [0.2, 0.25) is 10.0 Å².